The Balaban J connectivity index is 2.20. The van der Waals surface area contributed by atoms with Gasteiger partial charge in [0.2, 0.25) is 0 Å². The van der Waals surface area contributed by atoms with Crippen molar-refractivity contribution in [2.75, 3.05) is 5.32 Å². The number of aldehydes is 1. The average molecular weight is 318 g/mol. The molecule has 4 heteroatoms. The molecule has 2 rings (SSSR count). The second kappa shape index (κ2) is 5.80. The third-order valence-corrected chi connectivity index (χ3v) is 3.57. The van der Waals surface area contributed by atoms with Crippen LogP contribution in [-0.4, -0.2) is 12.2 Å². The van der Waals surface area contributed by atoms with E-state index >= 15 is 0 Å². The lowest BCUT2D eigenvalue weighted by Crippen LogP contribution is -2.12. The fourth-order valence-corrected chi connectivity index (χ4v) is 2.01. The van der Waals surface area contributed by atoms with E-state index in [2.05, 4.69) is 21.2 Å². The van der Waals surface area contributed by atoms with E-state index in [0.717, 1.165) is 16.3 Å². The summed E-state index contributed by atoms with van der Waals surface area (Å²) in [6.07, 6.45) is 0.748. The van der Waals surface area contributed by atoms with Crippen LogP contribution >= 0.6 is 15.9 Å². The SMILES string of the molecule is Cc1ccc(C(=O)Nc2cccc(C=O)c2)cc1Br. The van der Waals surface area contributed by atoms with Gasteiger partial charge in [0.1, 0.15) is 6.29 Å². The summed E-state index contributed by atoms with van der Waals surface area (Å²) >= 11 is 3.40. The number of aryl methyl sites for hydroxylation is 1. The summed E-state index contributed by atoms with van der Waals surface area (Å²) in [5.41, 5.74) is 2.77. The topological polar surface area (TPSA) is 46.2 Å². The lowest BCUT2D eigenvalue weighted by Gasteiger charge is -2.07. The highest BCUT2D eigenvalue weighted by Gasteiger charge is 2.07. The normalized spacial score (nSPS) is 10.0. The predicted molar refractivity (Wildman–Crippen MR) is 78.7 cm³/mol. The summed E-state index contributed by atoms with van der Waals surface area (Å²) < 4.78 is 0.891. The number of hydrogen-bond acceptors (Lipinski definition) is 2. The molecule has 0 radical (unpaired) electrons. The molecule has 96 valence electrons. The Morgan fingerprint density at radius 2 is 2.00 bits per heavy atom. The van der Waals surface area contributed by atoms with Crippen molar-refractivity contribution in [2.24, 2.45) is 0 Å². The van der Waals surface area contributed by atoms with Gasteiger partial charge < -0.3 is 5.32 Å². The first kappa shape index (κ1) is 13.5. The predicted octanol–water partition coefficient (Wildman–Crippen LogP) is 3.82. The number of carbonyl (C=O) groups excluding carboxylic acids is 2. The molecular formula is C15H12BrNO2. The van der Waals surface area contributed by atoms with Gasteiger partial charge in [-0.15, -0.1) is 0 Å². The maximum absolute atomic E-state index is 12.1. The van der Waals surface area contributed by atoms with E-state index in [1.165, 1.54) is 0 Å². The van der Waals surface area contributed by atoms with Gasteiger partial charge in [0.25, 0.3) is 5.91 Å². The first-order chi connectivity index (χ1) is 9.10. The molecule has 0 aromatic heterocycles. The number of carbonyl (C=O) groups is 2. The zero-order valence-corrected chi connectivity index (χ0v) is 11.9. The molecule has 0 aliphatic rings. The summed E-state index contributed by atoms with van der Waals surface area (Å²) in [5, 5.41) is 2.76. The number of benzene rings is 2. The van der Waals surface area contributed by atoms with Crippen molar-refractivity contribution in [3.8, 4) is 0 Å². The minimum atomic E-state index is -0.205. The molecule has 0 aliphatic carbocycles. The molecule has 0 bridgehead atoms. The van der Waals surface area contributed by atoms with Gasteiger partial charge in [-0.2, -0.15) is 0 Å². The van der Waals surface area contributed by atoms with Crippen LogP contribution in [0.15, 0.2) is 46.9 Å². The molecule has 0 unspecified atom stereocenters. The fourth-order valence-electron chi connectivity index (χ4n) is 1.63. The summed E-state index contributed by atoms with van der Waals surface area (Å²) in [5.74, 6) is -0.205. The lowest BCUT2D eigenvalue weighted by molar-refractivity contribution is 0.102. The Morgan fingerprint density at radius 3 is 2.68 bits per heavy atom. The van der Waals surface area contributed by atoms with Gasteiger partial charge in [0.15, 0.2) is 0 Å². The molecule has 0 aliphatic heterocycles. The first-order valence-electron chi connectivity index (χ1n) is 5.73. The van der Waals surface area contributed by atoms with Crippen LogP contribution in [0.1, 0.15) is 26.3 Å². The van der Waals surface area contributed by atoms with Crippen LogP contribution in [0.4, 0.5) is 5.69 Å². The van der Waals surface area contributed by atoms with Crippen molar-refractivity contribution < 1.29 is 9.59 Å². The van der Waals surface area contributed by atoms with E-state index < -0.39 is 0 Å². The number of nitrogens with one attached hydrogen (secondary N) is 1. The standard InChI is InChI=1S/C15H12BrNO2/c1-10-5-6-12(8-14(10)16)15(19)17-13-4-2-3-11(7-13)9-18/h2-9H,1H3,(H,17,19). The Bertz CT molecular complexity index is 638. The zero-order valence-electron chi connectivity index (χ0n) is 10.3. The smallest absolute Gasteiger partial charge is 0.255 e. The summed E-state index contributed by atoms with van der Waals surface area (Å²) in [7, 11) is 0. The maximum atomic E-state index is 12.1. The Morgan fingerprint density at radius 1 is 1.21 bits per heavy atom. The van der Waals surface area contributed by atoms with E-state index in [9.17, 15) is 9.59 Å². The third-order valence-electron chi connectivity index (χ3n) is 2.71. The summed E-state index contributed by atoms with van der Waals surface area (Å²) in [4.78, 5) is 22.7. The highest BCUT2D eigenvalue weighted by molar-refractivity contribution is 9.10. The number of rotatable bonds is 3. The minimum Gasteiger partial charge on any atom is -0.322 e. The summed E-state index contributed by atoms with van der Waals surface area (Å²) in [6, 6.07) is 12.2. The average Bonchev–Trinajstić information content (AvgIpc) is 2.42. The highest BCUT2D eigenvalue weighted by atomic mass is 79.9. The second-order valence-corrected chi connectivity index (χ2v) is 5.02. The van der Waals surface area contributed by atoms with E-state index in [1.807, 2.05) is 13.0 Å². The fraction of sp³-hybridized carbons (Fsp3) is 0.0667. The molecule has 2 aromatic rings. The first-order valence-corrected chi connectivity index (χ1v) is 6.52. The largest absolute Gasteiger partial charge is 0.322 e. The monoisotopic (exact) mass is 317 g/mol. The number of hydrogen-bond donors (Lipinski definition) is 1. The second-order valence-electron chi connectivity index (χ2n) is 4.16. The van der Waals surface area contributed by atoms with Gasteiger partial charge in [0, 0.05) is 21.3 Å². The van der Waals surface area contributed by atoms with Crippen molar-refractivity contribution in [2.45, 2.75) is 6.92 Å². The highest BCUT2D eigenvalue weighted by Crippen LogP contribution is 2.18. The van der Waals surface area contributed by atoms with Crippen LogP contribution < -0.4 is 5.32 Å². The van der Waals surface area contributed by atoms with Gasteiger partial charge in [-0.3, -0.25) is 9.59 Å². The Labute approximate surface area is 119 Å². The van der Waals surface area contributed by atoms with Crippen molar-refractivity contribution in [3.63, 3.8) is 0 Å². The van der Waals surface area contributed by atoms with Crippen LogP contribution in [0, 0.1) is 6.92 Å². The van der Waals surface area contributed by atoms with Crippen molar-refractivity contribution in [1.29, 1.82) is 0 Å². The van der Waals surface area contributed by atoms with E-state index in [0.29, 0.717) is 16.8 Å². The van der Waals surface area contributed by atoms with Gasteiger partial charge in [-0.25, -0.2) is 0 Å². The molecule has 0 saturated carbocycles. The minimum absolute atomic E-state index is 0.205. The Kier molecular flexibility index (Phi) is 4.12. The van der Waals surface area contributed by atoms with Crippen molar-refractivity contribution in [1.82, 2.24) is 0 Å². The molecule has 0 fully saturated rings. The molecule has 1 N–H and O–H groups in total. The van der Waals surface area contributed by atoms with E-state index in [1.54, 1.807) is 36.4 Å². The molecule has 2 aromatic carbocycles. The molecular weight excluding hydrogens is 306 g/mol. The number of amides is 1. The Hall–Kier alpha value is -1.94. The molecule has 0 heterocycles. The maximum Gasteiger partial charge on any atom is 0.255 e. The quantitative estimate of drug-likeness (QED) is 0.875. The van der Waals surface area contributed by atoms with Gasteiger partial charge >= 0.3 is 0 Å². The lowest BCUT2D eigenvalue weighted by atomic mass is 10.1. The third kappa shape index (κ3) is 3.29. The molecule has 1 amide bonds. The number of anilines is 1. The zero-order chi connectivity index (χ0) is 13.8. The molecule has 0 atom stereocenters. The van der Waals surface area contributed by atoms with Crippen LogP contribution in [0.5, 0.6) is 0 Å². The molecule has 0 spiro atoms. The van der Waals surface area contributed by atoms with E-state index in [-0.39, 0.29) is 5.91 Å². The van der Waals surface area contributed by atoms with Crippen LogP contribution in [0.2, 0.25) is 0 Å². The molecule has 0 saturated heterocycles. The van der Waals surface area contributed by atoms with Gasteiger partial charge in [-0.1, -0.05) is 34.1 Å². The molecule has 19 heavy (non-hydrogen) atoms. The van der Waals surface area contributed by atoms with E-state index in [4.69, 9.17) is 0 Å². The molecule has 3 nitrogen and oxygen atoms in total. The van der Waals surface area contributed by atoms with Gasteiger partial charge in [0.05, 0.1) is 0 Å². The van der Waals surface area contributed by atoms with Crippen molar-refractivity contribution in [3.05, 3.63) is 63.6 Å². The van der Waals surface area contributed by atoms with Crippen molar-refractivity contribution >= 4 is 33.8 Å². The summed E-state index contributed by atoms with van der Waals surface area (Å²) in [6.45, 7) is 1.96. The van der Waals surface area contributed by atoms with Gasteiger partial charge in [-0.05, 0) is 36.8 Å². The van der Waals surface area contributed by atoms with Crippen LogP contribution in [0.25, 0.3) is 0 Å². The van der Waals surface area contributed by atoms with Crippen LogP contribution in [0.3, 0.4) is 0 Å². The van der Waals surface area contributed by atoms with Crippen LogP contribution in [-0.2, 0) is 0 Å². The number of halogens is 1.